The molecule has 3 aromatic rings. The van der Waals surface area contributed by atoms with Gasteiger partial charge in [-0.2, -0.15) is 5.26 Å². The Hall–Kier alpha value is -3.37. The van der Waals surface area contributed by atoms with Crippen LogP contribution in [0.5, 0.6) is 0 Å². The van der Waals surface area contributed by atoms with Crippen LogP contribution < -0.4 is 10.6 Å². The summed E-state index contributed by atoms with van der Waals surface area (Å²) in [6.07, 6.45) is 5.45. The molecule has 2 atom stereocenters. The van der Waals surface area contributed by atoms with Crippen molar-refractivity contribution in [3.05, 3.63) is 59.4 Å². The van der Waals surface area contributed by atoms with Crippen LogP contribution in [-0.2, 0) is 6.54 Å². The molecule has 0 radical (unpaired) electrons. The van der Waals surface area contributed by atoms with E-state index in [1.165, 1.54) is 5.56 Å². The van der Waals surface area contributed by atoms with Gasteiger partial charge in [0.15, 0.2) is 0 Å². The van der Waals surface area contributed by atoms with Gasteiger partial charge >= 0.3 is 0 Å². The number of anilines is 1. The fourth-order valence-electron chi connectivity index (χ4n) is 4.18. The van der Waals surface area contributed by atoms with Crippen molar-refractivity contribution in [1.82, 2.24) is 20.2 Å². The number of nitrogens with one attached hydrogen (secondary N) is 3. The number of H-pyrrole nitrogens is 1. The molecule has 0 unspecified atom stereocenters. The Balaban J connectivity index is 1.47. The van der Waals surface area contributed by atoms with Gasteiger partial charge in [0.25, 0.3) is 5.91 Å². The van der Waals surface area contributed by atoms with Gasteiger partial charge in [0.1, 0.15) is 5.65 Å². The molecule has 4 rings (SSSR count). The molecule has 1 aromatic carbocycles. The van der Waals surface area contributed by atoms with Crippen LogP contribution in [0.1, 0.15) is 41.3 Å². The molecule has 1 saturated heterocycles. The average molecular weight is 403 g/mol. The largest absolute Gasteiger partial charge is 0.381 e. The highest BCUT2D eigenvalue weighted by Crippen LogP contribution is 2.29. The van der Waals surface area contributed by atoms with E-state index in [2.05, 4.69) is 38.5 Å². The Morgan fingerprint density at radius 2 is 2.13 bits per heavy atom. The van der Waals surface area contributed by atoms with E-state index in [1.807, 2.05) is 36.5 Å². The third-order valence-electron chi connectivity index (χ3n) is 5.89. The number of benzene rings is 1. The maximum absolute atomic E-state index is 12.4. The van der Waals surface area contributed by atoms with E-state index in [4.69, 9.17) is 5.26 Å². The Bertz CT molecular complexity index is 1080. The number of piperidine rings is 1. The van der Waals surface area contributed by atoms with Gasteiger partial charge in [-0.3, -0.25) is 9.69 Å². The van der Waals surface area contributed by atoms with Crippen molar-refractivity contribution in [2.45, 2.75) is 38.4 Å². The normalized spacial score (nSPS) is 19.4. The van der Waals surface area contributed by atoms with Crippen molar-refractivity contribution in [3.63, 3.8) is 0 Å². The predicted octanol–water partition coefficient (Wildman–Crippen LogP) is 3.26. The zero-order valence-electron chi connectivity index (χ0n) is 17.3. The van der Waals surface area contributed by atoms with Crippen molar-refractivity contribution >= 4 is 22.6 Å². The van der Waals surface area contributed by atoms with E-state index in [0.29, 0.717) is 17.2 Å². The van der Waals surface area contributed by atoms with Gasteiger partial charge in [-0.25, -0.2) is 4.98 Å². The first-order chi connectivity index (χ1) is 14.6. The molecule has 1 aliphatic heterocycles. The SMILES string of the molecule is CNC(=O)c1cnc2[nH]ccc2c1N[C@@H]1CCN(Cc2ccc(C#N)cc2)[C@H](C)C1. The summed E-state index contributed by atoms with van der Waals surface area (Å²) in [4.78, 5) is 22.3. The van der Waals surface area contributed by atoms with E-state index in [1.54, 1.807) is 13.2 Å². The van der Waals surface area contributed by atoms with Gasteiger partial charge in [-0.05, 0) is 43.5 Å². The number of rotatable bonds is 5. The van der Waals surface area contributed by atoms with E-state index in [0.717, 1.165) is 42.7 Å². The maximum atomic E-state index is 12.4. The lowest BCUT2D eigenvalue weighted by Gasteiger charge is -2.38. The van der Waals surface area contributed by atoms with Gasteiger partial charge < -0.3 is 15.6 Å². The van der Waals surface area contributed by atoms with Gasteiger partial charge in [-0.1, -0.05) is 12.1 Å². The van der Waals surface area contributed by atoms with E-state index < -0.39 is 0 Å². The highest BCUT2D eigenvalue weighted by molar-refractivity contribution is 6.06. The first-order valence-corrected chi connectivity index (χ1v) is 10.3. The number of amides is 1. The number of pyridine rings is 1. The minimum Gasteiger partial charge on any atom is -0.381 e. The molecule has 1 fully saturated rings. The van der Waals surface area contributed by atoms with Crippen molar-refractivity contribution in [2.75, 3.05) is 18.9 Å². The minimum absolute atomic E-state index is 0.139. The fourth-order valence-corrected chi connectivity index (χ4v) is 4.18. The molecule has 3 N–H and O–H groups in total. The minimum atomic E-state index is -0.139. The smallest absolute Gasteiger partial charge is 0.254 e. The van der Waals surface area contributed by atoms with Gasteiger partial charge in [0, 0.05) is 50.0 Å². The summed E-state index contributed by atoms with van der Waals surface area (Å²) >= 11 is 0. The topological polar surface area (TPSA) is 96.8 Å². The second-order valence-corrected chi connectivity index (χ2v) is 7.86. The van der Waals surface area contributed by atoms with Crippen molar-refractivity contribution in [2.24, 2.45) is 0 Å². The van der Waals surface area contributed by atoms with Crippen LogP contribution in [0.2, 0.25) is 0 Å². The first-order valence-electron chi connectivity index (χ1n) is 10.3. The summed E-state index contributed by atoms with van der Waals surface area (Å²) in [6.45, 7) is 4.09. The Morgan fingerprint density at radius 1 is 1.33 bits per heavy atom. The molecular weight excluding hydrogens is 376 g/mol. The molecule has 30 heavy (non-hydrogen) atoms. The van der Waals surface area contributed by atoms with Gasteiger partial charge in [0.2, 0.25) is 0 Å². The molecule has 0 bridgehead atoms. The number of carbonyl (C=O) groups excluding carboxylic acids is 1. The molecule has 2 aromatic heterocycles. The van der Waals surface area contributed by atoms with Crippen molar-refractivity contribution < 1.29 is 4.79 Å². The monoisotopic (exact) mass is 402 g/mol. The number of fused-ring (bicyclic) bond motifs is 1. The highest BCUT2D eigenvalue weighted by atomic mass is 16.1. The molecule has 0 aliphatic carbocycles. The standard InChI is InChI=1S/C23H26N6O/c1-15-11-18(8-10-29(15)14-17-5-3-16(12-24)4-6-17)28-21-19-7-9-26-22(19)27-13-20(21)23(30)25-2/h3-7,9,13,15,18H,8,10-11,14H2,1-2H3,(H,25,30)(H2,26,27,28)/t15-,18-/m1/s1. The van der Waals surface area contributed by atoms with Gasteiger partial charge in [-0.15, -0.1) is 0 Å². The molecule has 0 spiro atoms. The van der Waals surface area contributed by atoms with Crippen LogP contribution in [-0.4, -0.2) is 46.5 Å². The summed E-state index contributed by atoms with van der Waals surface area (Å²) in [5.74, 6) is -0.139. The van der Waals surface area contributed by atoms with Crippen LogP contribution in [0.4, 0.5) is 5.69 Å². The number of carbonyl (C=O) groups is 1. The summed E-state index contributed by atoms with van der Waals surface area (Å²) in [5.41, 5.74) is 4.10. The number of aromatic amines is 1. The lowest BCUT2D eigenvalue weighted by atomic mass is 9.96. The Morgan fingerprint density at radius 3 is 2.83 bits per heavy atom. The second-order valence-electron chi connectivity index (χ2n) is 7.86. The van der Waals surface area contributed by atoms with Crippen LogP contribution in [0, 0.1) is 11.3 Å². The second kappa shape index (κ2) is 8.56. The number of hydrogen-bond acceptors (Lipinski definition) is 5. The van der Waals surface area contributed by atoms with Gasteiger partial charge in [0.05, 0.1) is 22.9 Å². The lowest BCUT2D eigenvalue weighted by molar-refractivity contribution is 0.0963. The molecule has 154 valence electrons. The Labute approximate surface area is 176 Å². The highest BCUT2D eigenvalue weighted by Gasteiger charge is 2.27. The molecule has 7 nitrogen and oxygen atoms in total. The van der Waals surface area contributed by atoms with Crippen molar-refractivity contribution in [3.8, 4) is 6.07 Å². The third-order valence-corrected chi connectivity index (χ3v) is 5.89. The zero-order chi connectivity index (χ0) is 21.1. The predicted molar refractivity (Wildman–Crippen MR) is 117 cm³/mol. The fraction of sp³-hybridized carbons (Fsp3) is 0.348. The molecule has 1 aliphatic rings. The first kappa shape index (κ1) is 19.9. The number of nitrogens with zero attached hydrogens (tertiary/aromatic N) is 3. The van der Waals surface area contributed by atoms with E-state index in [9.17, 15) is 4.79 Å². The Kier molecular flexibility index (Phi) is 5.68. The number of nitriles is 1. The number of aromatic nitrogens is 2. The molecular formula is C23H26N6O. The lowest BCUT2D eigenvalue weighted by Crippen LogP contribution is -2.44. The summed E-state index contributed by atoms with van der Waals surface area (Å²) in [5, 5.41) is 16.2. The van der Waals surface area contributed by atoms with Crippen LogP contribution in [0.3, 0.4) is 0 Å². The average Bonchev–Trinajstić information content (AvgIpc) is 3.25. The number of likely N-dealkylation sites (tertiary alicyclic amines) is 1. The molecule has 0 saturated carbocycles. The van der Waals surface area contributed by atoms with E-state index >= 15 is 0 Å². The zero-order valence-corrected chi connectivity index (χ0v) is 17.3. The molecule has 7 heteroatoms. The van der Waals surface area contributed by atoms with Crippen LogP contribution >= 0.6 is 0 Å². The third kappa shape index (κ3) is 4.00. The molecule has 3 heterocycles. The van der Waals surface area contributed by atoms with Crippen LogP contribution in [0.15, 0.2) is 42.7 Å². The summed E-state index contributed by atoms with van der Waals surface area (Å²) in [6, 6.07) is 12.6. The maximum Gasteiger partial charge on any atom is 0.254 e. The van der Waals surface area contributed by atoms with E-state index in [-0.39, 0.29) is 11.9 Å². The summed E-state index contributed by atoms with van der Waals surface area (Å²) < 4.78 is 0. The van der Waals surface area contributed by atoms with Crippen molar-refractivity contribution in [1.29, 1.82) is 5.26 Å². The summed E-state index contributed by atoms with van der Waals surface area (Å²) in [7, 11) is 1.64. The number of hydrogen-bond donors (Lipinski definition) is 3. The van der Waals surface area contributed by atoms with Crippen LogP contribution in [0.25, 0.3) is 11.0 Å². The quantitative estimate of drug-likeness (QED) is 0.609. The molecule has 1 amide bonds.